The van der Waals surface area contributed by atoms with Gasteiger partial charge in [-0.05, 0) is 36.4 Å². The fraction of sp³-hybridized carbons (Fsp3) is 0.211. The van der Waals surface area contributed by atoms with Crippen LogP contribution in [0.2, 0.25) is 0 Å². The van der Waals surface area contributed by atoms with Gasteiger partial charge in [0.1, 0.15) is 11.6 Å². The molecule has 0 aliphatic carbocycles. The first-order valence-corrected chi connectivity index (χ1v) is 9.38. The summed E-state index contributed by atoms with van der Waals surface area (Å²) in [5, 5.41) is 11.3. The van der Waals surface area contributed by atoms with Crippen LogP contribution in [0.15, 0.2) is 47.6 Å². The Morgan fingerprint density at radius 3 is 2.50 bits per heavy atom. The Morgan fingerprint density at radius 2 is 1.86 bits per heavy atom. The van der Waals surface area contributed by atoms with E-state index in [9.17, 15) is 13.6 Å². The van der Waals surface area contributed by atoms with Crippen LogP contribution in [-0.2, 0) is 11.8 Å². The Morgan fingerprint density at radius 1 is 1.14 bits per heavy atom. The number of anilines is 2. The van der Waals surface area contributed by atoms with Gasteiger partial charge in [-0.15, -0.1) is 10.2 Å². The Bertz CT molecular complexity index is 988. The summed E-state index contributed by atoms with van der Waals surface area (Å²) in [7, 11) is 5.75. The number of thioether (sulfide) groups is 1. The average Bonchev–Trinajstić information content (AvgIpc) is 3.03. The molecule has 28 heavy (non-hydrogen) atoms. The number of carbonyl (C=O) groups excluding carboxylic acids is 1. The maximum Gasteiger partial charge on any atom is 0.234 e. The van der Waals surface area contributed by atoms with Crippen molar-refractivity contribution in [3.8, 4) is 11.4 Å². The van der Waals surface area contributed by atoms with Crippen LogP contribution in [0.5, 0.6) is 0 Å². The molecule has 1 heterocycles. The average molecular weight is 403 g/mol. The molecule has 1 amide bonds. The zero-order valence-electron chi connectivity index (χ0n) is 15.6. The van der Waals surface area contributed by atoms with Crippen LogP contribution < -0.4 is 10.2 Å². The second kappa shape index (κ2) is 8.39. The molecule has 1 N–H and O–H groups in total. The minimum atomic E-state index is -0.819. The molecule has 9 heteroatoms. The molecule has 0 saturated carbocycles. The monoisotopic (exact) mass is 403 g/mol. The van der Waals surface area contributed by atoms with E-state index in [4.69, 9.17) is 0 Å². The van der Waals surface area contributed by atoms with Gasteiger partial charge in [0, 0.05) is 38.5 Å². The predicted octanol–water partition coefficient (Wildman–Crippen LogP) is 3.56. The van der Waals surface area contributed by atoms with Crippen LogP contribution in [0, 0.1) is 11.6 Å². The highest BCUT2D eigenvalue weighted by molar-refractivity contribution is 7.99. The molecule has 0 saturated heterocycles. The van der Waals surface area contributed by atoms with Crippen molar-refractivity contribution in [1.29, 1.82) is 0 Å². The van der Waals surface area contributed by atoms with E-state index in [0.717, 1.165) is 23.4 Å². The highest BCUT2D eigenvalue weighted by Gasteiger charge is 2.14. The quantitative estimate of drug-likeness (QED) is 0.638. The largest absolute Gasteiger partial charge is 0.378 e. The summed E-state index contributed by atoms with van der Waals surface area (Å²) in [4.78, 5) is 14.1. The Hall–Kier alpha value is -2.94. The maximum atomic E-state index is 13.6. The molecule has 0 spiro atoms. The van der Waals surface area contributed by atoms with Crippen molar-refractivity contribution in [3.05, 3.63) is 54.1 Å². The van der Waals surface area contributed by atoms with E-state index in [-0.39, 0.29) is 11.4 Å². The number of amides is 1. The lowest BCUT2D eigenvalue weighted by Crippen LogP contribution is -2.15. The first kappa shape index (κ1) is 19.8. The van der Waals surface area contributed by atoms with Crippen molar-refractivity contribution >= 4 is 29.0 Å². The normalized spacial score (nSPS) is 10.8. The molecule has 3 aromatic rings. The van der Waals surface area contributed by atoms with Crippen molar-refractivity contribution in [2.24, 2.45) is 7.05 Å². The van der Waals surface area contributed by atoms with Crippen molar-refractivity contribution in [1.82, 2.24) is 14.8 Å². The van der Waals surface area contributed by atoms with E-state index >= 15 is 0 Å². The van der Waals surface area contributed by atoms with Crippen molar-refractivity contribution in [3.63, 3.8) is 0 Å². The third-order valence-corrected chi connectivity index (χ3v) is 5.03. The summed E-state index contributed by atoms with van der Waals surface area (Å²) in [5.74, 6) is -1.24. The van der Waals surface area contributed by atoms with Crippen LogP contribution in [-0.4, -0.2) is 40.5 Å². The van der Waals surface area contributed by atoms with Crippen molar-refractivity contribution in [2.75, 3.05) is 30.1 Å². The SMILES string of the molecule is CN(C)c1ccc(-c2nnc(SCC(=O)Nc3ccc(F)cc3F)n2C)cc1. The first-order chi connectivity index (χ1) is 13.3. The molecular weight excluding hydrogens is 384 g/mol. The summed E-state index contributed by atoms with van der Waals surface area (Å²) in [6, 6.07) is 10.9. The molecule has 1 aromatic heterocycles. The topological polar surface area (TPSA) is 63.1 Å². The van der Waals surface area contributed by atoms with Gasteiger partial charge in [-0.25, -0.2) is 8.78 Å². The third-order valence-electron chi connectivity index (χ3n) is 4.01. The Kier molecular flexibility index (Phi) is 5.93. The third kappa shape index (κ3) is 4.48. The molecule has 146 valence electrons. The van der Waals surface area contributed by atoms with Gasteiger partial charge in [-0.1, -0.05) is 11.8 Å². The molecule has 0 atom stereocenters. The van der Waals surface area contributed by atoms with E-state index in [2.05, 4.69) is 15.5 Å². The van der Waals surface area contributed by atoms with Gasteiger partial charge in [0.05, 0.1) is 11.4 Å². The maximum absolute atomic E-state index is 13.6. The highest BCUT2D eigenvalue weighted by Crippen LogP contribution is 2.25. The molecule has 6 nitrogen and oxygen atoms in total. The second-order valence-corrected chi connectivity index (χ2v) is 7.21. The van der Waals surface area contributed by atoms with Gasteiger partial charge >= 0.3 is 0 Å². The predicted molar refractivity (Wildman–Crippen MR) is 106 cm³/mol. The number of nitrogens with zero attached hydrogens (tertiary/aromatic N) is 4. The fourth-order valence-electron chi connectivity index (χ4n) is 2.51. The number of rotatable bonds is 6. The Labute approximate surface area is 165 Å². The van der Waals surface area contributed by atoms with Crippen LogP contribution >= 0.6 is 11.8 Å². The van der Waals surface area contributed by atoms with Gasteiger partial charge < -0.3 is 14.8 Å². The molecular formula is C19H19F2N5OS. The molecule has 0 aliphatic heterocycles. The molecule has 0 aliphatic rings. The van der Waals surface area contributed by atoms with Crippen LogP contribution in [0.3, 0.4) is 0 Å². The number of benzene rings is 2. The molecule has 3 rings (SSSR count). The summed E-state index contributed by atoms with van der Waals surface area (Å²) in [6.07, 6.45) is 0. The zero-order chi connectivity index (χ0) is 20.3. The number of hydrogen-bond acceptors (Lipinski definition) is 5. The van der Waals surface area contributed by atoms with Crippen LogP contribution in [0.25, 0.3) is 11.4 Å². The standard InChI is InChI=1S/C19H19F2N5OS/c1-25(2)14-7-4-12(5-8-14)18-23-24-19(26(18)3)28-11-17(27)22-16-9-6-13(20)10-15(16)21/h4-10H,11H2,1-3H3,(H,22,27). The lowest BCUT2D eigenvalue weighted by molar-refractivity contribution is -0.113. The minimum absolute atomic E-state index is 0.0162. The molecule has 2 aromatic carbocycles. The second-order valence-electron chi connectivity index (χ2n) is 6.27. The summed E-state index contributed by atoms with van der Waals surface area (Å²) >= 11 is 1.18. The van der Waals surface area contributed by atoms with Crippen molar-refractivity contribution < 1.29 is 13.6 Å². The first-order valence-electron chi connectivity index (χ1n) is 8.40. The van der Waals surface area contributed by atoms with Crippen LogP contribution in [0.4, 0.5) is 20.2 Å². The lowest BCUT2D eigenvalue weighted by atomic mass is 10.2. The summed E-state index contributed by atoms with van der Waals surface area (Å²) in [5.41, 5.74) is 1.92. The number of carbonyl (C=O) groups is 1. The van der Waals surface area contributed by atoms with Gasteiger partial charge in [-0.3, -0.25) is 4.79 Å². The summed E-state index contributed by atoms with van der Waals surface area (Å²) < 4.78 is 28.3. The van der Waals surface area contributed by atoms with Gasteiger partial charge in [0.15, 0.2) is 11.0 Å². The molecule has 0 bridgehead atoms. The lowest BCUT2D eigenvalue weighted by Gasteiger charge is -2.12. The number of hydrogen-bond donors (Lipinski definition) is 1. The zero-order valence-corrected chi connectivity index (χ0v) is 16.4. The van der Waals surface area contributed by atoms with E-state index in [1.807, 2.05) is 50.3 Å². The molecule has 0 radical (unpaired) electrons. The minimum Gasteiger partial charge on any atom is -0.378 e. The smallest absolute Gasteiger partial charge is 0.234 e. The summed E-state index contributed by atoms with van der Waals surface area (Å²) in [6.45, 7) is 0. The van der Waals surface area contributed by atoms with Gasteiger partial charge in [-0.2, -0.15) is 0 Å². The number of aromatic nitrogens is 3. The van der Waals surface area contributed by atoms with Crippen LogP contribution in [0.1, 0.15) is 0 Å². The van der Waals surface area contributed by atoms with E-state index in [1.54, 1.807) is 4.57 Å². The van der Waals surface area contributed by atoms with Gasteiger partial charge in [0.25, 0.3) is 0 Å². The van der Waals surface area contributed by atoms with E-state index in [1.165, 1.54) is 17.8 Å². The number of halogens is 2. The molecule has 0 unspecified atom stereocenters. The molecule has 0 fully saturated rings. The van der Waals surface area contributed by atoms with Gasteiger partial charge in [0.2, 0.25) is 5.91 Å². The van der Waals surface area contributed by atoms with E-state index in [0.29, 0.717) is 11.0 Å². The fourth-order valence-corrected chi connectivity index (χ4v) is 3.22. The van der Waals surface area contributed by atoms with Crippen molar-refractivity contribution in [2.45, 2.75) is 5.16 Å². The Balaban J connectivity index is 1.64. The highest BCUT2D eigenvalue weighted by atomic mass is 32.2. The van der Waals surface area contributed by atoms with E-state index < -0.39 is 17.5 Å². The number of nitrogens with one attached hydrogen (secondary N) is 1.